The predicted molar refractivity (Wildman–Crippen MR) is 98.0 cm³/mol. The highest BCUT2D eigenvalue weighted by molar-refractivity contribution is 7.92. The summed E-state index contributed by atoms with van der Waals surface area (Å²) in [6.45, 7) is 5.72. The summed E-state index contributed by atoms with van der Waals surface area (Å²) in [6.07, 6.45) is 2.44. The minimum absolute atomic E-state index is 0.106. The van der Waals surface area contributed by atoms with E-state index >= 15 is 0 Å². The summed E-state index contributed by atoms with van der Waals surface area (Å²) in [5, 5.41) is 3.36. The number of sulfonamides is 1. The fraction of sp³-hybridized carbons (Fsp3) is 0.588. The Morgan fingerprint density at radius 3 is 2.76 bits per heavy atom. The highest BCUT2D eigenvalue weighted by atomic mass is 32.2. The zero-order chi connectivity index (χ0) is 17.9. The lowest BCUT2D eigenvalue weighted by Gasteiger charge is -2.32. The zero-order valence-electron chi connectivity index (χ0n) is 14.6. The van der Waals surface area contributed by atoms with Gasteiger partial charge in [-0.05, 0) is 24.1 Å². The van der Waals surface area contributed by atoms with Crippen LogP contribution in [0.2, 0.25) is 0 Å². The van der Waals surface area contributed by atoms with Crippen LogP contribution in [0.5, 0.6) is 0 Å². The molecule has 1 aromatic carbocycles. The van der Waals surface area contributed by atoms with E-state index in [1.807, 2.05) is 11.0 Å². The lowest BCUT2D eigenvalue weighted by atomic mass is 10.1. The van der Waals surface area contributed by atoms with Gasteiger partial charge < -0.3 is 10.2 Å². The van der Waals surface area contributed by atoms with Crippen LogP contribution in [0.1, 0.15) is 12.0 Å². The summed E-state index contributed by atoms with van der Waals surface area (Å²) in [7, 11) is -3.31. The number of hydrogen-bond acceptors (Lipinski definition) is 5. The van der Waals surface area contributed by atoms with E-state index in [1.54, 1.807) is 18.2 Å². The van der Waals surface area contributed by atoms with Crippen LogP contribution in [0.4, 0.5) is 5.69 Å². The molecule has 1 atom stereocenters. The number of nitrogens with one attached hydrogen (secondary N) is 2. The van der Waals surface area contributed by atoms with Gasteiger partial charge in [-0.25, -0.2) is 8.42 Å². The number of rotatable bonds is 5. The molecule has 0 saturated carbocycles. The molecule has 2 aliphatic heterocycles. The molecular formula is C17H26N4O3S. The van der Waals surface area contributed by atoms with E-state index in [0.29, 0.717) is 18.2 Å². The third-order valence-electron chi connectivity index (χ3n) is 4.77. The van der Waals surface area contributed by atoms with E-state index in [1.165, 1.54) is 0 Å². The van der Waals surface area contributed by atoms with Crippen molar-refractivity contribution in [1.82, 2.24) is 15.1 Å². The van der Waals surface area contributed by atoms with Crippen LogP contribution in [-0.4, -0.2) is 75.7 Å². The number of likely N-dealkylation sites (tertiary alicyclic amines) is 1. The maximum absolute atomic E-state index is 12.6. The van der Waals surface area contributed by atoms with Crippen molar-refractivity contribution in [3.8, 4) is 0 Å². The number of carbonyl (C=O) groups is 1. The second kappa shape index (κ2) is 7.72. The van der Waals surface area contributed by atoms with Gasteiger partial charge in [0.15, 0.2) is 0 Å². The van der Waals surface area contributed by atoms with Crippen molar-refractivity contribution in [1.29, 1.82) is 0 Å². The molecule has 2 aliphatic rings. The van der Waals surface area contributed by atoms with E-state index in [2.05, 4.69) is 14.9 Å². The molecule has 2 fully saturated rings. The van der Waals surface area contributed by atoms with Gasteiger partial charge in [-0.2, -0.15) is 0 Å². The normalized spacial score (nSPS) is 22.1. The average Bonchev–Trinajstić information content (AvgIpc) is 3.04. The molecule has 2 N–H and O–H groups in total. The van der Waals surface area contributed by atoms with E-state index in [0.717, 1.165) is 57.5 Å². The highest BCUT2D eigenvalue weighted by Gasteiger charge is 2.30. The summed E-state index contributed by atoms with van der Waals surface area (Å²) in [6, 6.07) is 7.50. The minimum Gasteiger partial charge on any atom is -0.341 e. The zero-order valence-corrected chi connectivity index (χ0v) is 15.4. The van der Waals surface area contributed by atoms with E-state index < -0.39 is 10.0 Å². The fourth-order valence-corrected chi connectivity index (χ4v) is 4.11. The molecule has 138 valence electrons. The molecule has 1 aromatic rings. The largest absolute Gasteiger partial charge is 0.341 e. The van der Waals surface area contributed by atoms with Crippen LogP contribution >= 0.6 is 0 Å². The lowest BCUT2D eigenvalue weighted by Crippen LogP contribution is -2.49. The molecule has 1 amide bonds. The monoisotopic (exact) mass is 366 g/mol. The molecule has 0 spiro atoms. The topological polar surface area (TPSA) is 81.8 Å². The van der Waals surface area contributed by atoms with Crippen molar-refractivity contribution in [3.05, 3.63) is 29.8 Å². The molecular weight excluding hydrogens is 340 g/mol. The Balaban J connectivity index is 1.56. The Morgan fingerprint density at radius 2 is 2.04 bits per heavy atom. The van der Waals surface area contributed by atoms with Crippen LogP contribution in [0.25, 0.3) is 0 Å². The van der Waals surface area contributed by atoms with Crippen LogP contribution < -0.4 is 10.0 Å². The molecule has 0 aliphatic carbocycles. The first-order valence-electron chi connectivity index (χ1n) is 8.70. The molecule has 0 bridgehead atoms. The van der Waals surface area contributed by atoms with Crippen molar-refractivity contribution in [2.24, 2.45) is 0 Å². The van der Waals surface area contributed by atoms with Gasteiger partial charge in [0.05, 0.1) is 12.7 Å². The number of amides is 1. The van der Waals surface area contributed by atoms with Crippen LogP contribution in [0.3, 0.4) is 0 Å². The summed E-state index contributed by atoms with van der Waals surface area (Å²) in [4.78, 5) is 17.0. The van der Waals surface area contributed by atoms with Gasteiger partial charge >= 0.3 is 0 Å². The smallest absolute Gasteiger partial charge is 0.229 e. The lowest BCUT2D eigenvalue weighted by molar-refractivity contribution is -0.129. The predicted octanol–water partition coefficient (Wildman–Crippen LogP) is 0.107. The summed E-state index contributed by atoms with van der Waals surface area (Å²) >= 11 is 0. The van der Waals surface area contributed by atoms with Crippen molar-refractivity contribution in [2.45, 2.75) is 18.9 Å². The molecule has 7 nitrogen and oxygen atoms in total. The Bertz CT molecular complexity index is 716. The van der Waals surface area contributed by atoms with Crippen molar-refractivity contribution >= 4 is 21.6 Å². The van der Waals surface area contributed by atoms with E-state index in [9.17, 15) is 13.2 Å². The molecule has 25 heavy (non-hydrogen) atoms. The van der Waals surface area contributed by atoms with Gasteiger partial charge in [0.2, 0.25) is 15.9 Å². The Hall–Kier alpha value is -1.64. The molecule has 1 unspecified atom stereocenters. The molecule has 2 saturated heterocycles. The van der Waals surface area contributed by atoms with Gasteiger partial charge in [0.1, 0.15) is 0 Å². The minimum atomic E-state index is -3.31. The van der Waals surface area contributed by atoms with Crippen LogP contribution in [0.15, 0.2) is 24.3 Å². The van der Waals surface area contributed by atoms with Gasteiger partial charge in [-0.3, -0.25) is 14.4 Å². The Morgan fingerprint density at radius 1 is 1.28 bits per heavy atom. The second-order valence-electron chi connectivity index (χ2n) is 6.82. The van der Waals surface area contributed by atoms with Crippen molar-refractivity contribution in [2.75, 3.05) is 50.2 Å². The molecule has 0 aromatic heterocycles. The third-order valence-corrected chi connectivity index (χ3v) is 5.38. The molecule has 0 radical (unpaired) electrons. The van der Waals surface area contributed by atoms with Gasteiger partial charge in [-0.1, -0.05) is 12.1 Å². The van der Waals surface area contributed by atoms with E-state index in [-0.39, 0.29) is 5.91 Å². The van der Waals surface area contributed by atoms with Crippen molar-refractivity contribution in [3.63, 3.8) is 0 Å². The standard InChI is InChI=1S/C17H26N4O3S/c1-25(23,24)19-15-4-2-3-14(11-15)12-17(22)21-8-5-16(13-21)20-9-6-18-7-10-20/h2-4,11,16,18-19H,5-10,12-13H2,1H3. The summed E-state index contributed by atoms with van der Waals surface area (Å²) in [5.74, 6) is 0.106. The Kier molecular flexibility index (Phi) is 5.61. The molecule has 2 heterocycles. The second-order valence-corrected chi connectivity index (χ2v) is 8.57. The first-order valence-corrected chi connectivity index (χ1v) is 10.6. The van der Waals surface area contributed by atoms with Gasteiger partial charge in [0.25, 0.3) is 0 Å². The van der Waals surface area contributed by atoms with Gasteiger partial charge in [-0.15, -0.1) is 0 Å². The van der Waals surface area contributed by atoms with Crippen LogP contribution in [-0.2, 0) is 21.2 Å². The molecule has 3 rings (SSSR count). The fourth-order valence-electron chi connectivity index (χ4n) is 3.56. The maximum Gasteiger partial charge on any atom is 0.229 e. The summed E-state index contributed by atoms with van der Waals surface area (Å²) in [5.41, 5.74) is 1.32. The summed E-state index contributed by atoms with van der Waals surface area (Å²) < 4.78 is 25.1. The maximum atomic E-state index is 12.6. The van der Waals surface area contributed by atoms with E-state index in [4.69, 9.17) is 0 Å². The Labute approximate surface area is 149 Å². The number of anilines is 1. The average molecular weight is 366 g/mol. The number of nitrogens with zero attached hydrogens (tertiary/aromatic N) is 2. The number of carbonyl (C=O) groups excluding carboxylic acids is 1. The highest BCUT2D eigenvalue weighted by Crippen LogP contribution is 2.18. The molecule has 8 heteroatoms. The van der Waals surface area contributed by atoms with Crippen molar-refractivity contribution < 1.29 is 13.2 Å². The number of hydrogen-bond donors (Lipinski definition) is 2. The quantitative estimate of drug-likeness (QED) is 0.773. The first-order chi connectivity index (χ1) is 11.9. The van der Waals surface area contributed by atoms with Gasteiger partial charge in [0, 0.05) is 51.0 Å². The number of benzene rings is 1. The SMILES string of the molecule is CS(=O)(=O)Nc1cccc(CC(=O)N2CCC(N3CCNCC3)C2)c1. The third kappa shape index (κ3) is 5.17. The van der Waals surface area contributed by atoms with Crippen LogP contribution in [0, 0.1) is 0 Å². The first kappa shape index (κ1) is 18.2. The number of piperazine rings is 1.